The van der Waals surface area contributed by atoms with Crippen molar-refractivity contribution in [1.29, 1.82) is 0 Å². The number of aromatic nitrogens is 1. The highest BCUT2D eigenvalue weighted by molar-refractivity contribution is 5.86. The Morgan fingerprint density at radius 3 is 2.82 bits per heavy atom. The summed E-state index contributed by atoms with van der Waals surface area (Å²) in [6.45, 7) is 0.718. The van der Waals surface area contributed by atoms with Crippen LogP contribution in [0.4, 0.5) is 4.39 Å². The summed E-state index contributed by atoms with van der Waals surface area (Å²) in [5.41, 5.74) is 3.44. The molecule has 1 unspecified atom stereocenters. The van der Waals surface area contributed by atoms with Crippen LogP contribution >= 0.6 is 0 Å². The molecule has 4 nitrogen and oxygen atoms in total. The van der Waals surface area contributed by atoms with E-state index in [2.05, 4.69) is 10.3 Å². The number of aromatic amines is 1. The lowest BCUT2D eigenvalue weighted by Gasteiger charge is -2.25. The van der Waals surface area contributed by atoms with Gasteiger partial charge in [0, 0.05) is 28.7 Å². The van der Waals surface area contributed by atoms with E-state index in [9.17, 15) is 14.6 Å². The molecule has 22 heavy (non-hydrogen) atoms. The fourth-order valence-electron chi connectivity index (χ4n) is 3.24. The Kier molecular flexibility index (Phi) is 2.84. The van der Waals surface area contributed by atoms with E-state index >= 15 is 0 Å². The van der Waals surface area contributed by atoms with Gasteiger partial charge in [0.2, 0.25) is 0 Å². The van der Waals surface area contributed by atoms with Gasteiger partial charge in [0.1, 0.15) is 17.3 Å². The summed E-state index contributed by atoms with van der Waals surface area (Å²) in [4.78, 5) is 3.33. The molecule has 1 aromatic heterocycles. The summed E-state index contributed by atoms with van der Waals surface area (Å²) in [6, 6.07) is 8.86. The first kappa shape index (κ1) is 13.2. The van der Waals surface area contributed by atoms with E-state index in [1.54, 1.807) is 12.1 Å². The Balaban J connectivity index is 1.92. The highest BCUT2D eigenvalue weighted by Gasteiger charge is 2.27. The number of benzene rings is 2. The van der Waals surface area contributed by atoms with Crippen molar-refractivity contribution in [3.63, 3.8) is 0 Å². The van der Waals surface area contributed by atoms with Crippen molar-refractivity contribution in [2.24, 2.45) is 0 Å². The predicted octanol–water partition coefficient (Wildman–Crippen LogP) is 2.95. The summed E-state index contributed by atoms with van der Waals surface area (Å²) in [7, 11) is 0. The molecule has 0 radical (unpaired) electrons. The summed E-state index contributed by atoms with van der Waals surface area (Å²) >= 11 is 0. The number of phenols is 2. The van der Waals surface area contributed by atoms with E-state index in [0.29, 0.717) is 5.56 Å². The van der Waals surface area contributed by atoms with Crippen LogP contribution in [0, 0.1) is 5.82 Å². The van der Waals surface area contributed by atoms with Crippen molar-refractivity contribution in [3.05, 3.63) is 59.0 Å². The second-order valence-electron chi connectivity index (χ2n) is 5.59. The summed E-state index contributed by atoms with van der Waals surface area (Å²) in [6.07, 6.45) is 0.811. The minimum atomic E-state index is -0.379. The van der Waals surface area contributed by atoms with Crippen LogP contribution in [0.2, 0.25) is 0 Å². The predicted molar refractivity (Wildman–Crippen MR) is 81.6 cm³/mol. The first-order chi connectivity index (χ1) is 10.6. The Bertz CT molecular complexity index is 872. The molecule has 4 rings (SSSR count). The van der Waals surface area contributed by atoms with Crippen LogP contribution in [-0.4, -0.2) is 21.7 Å². The third kappa shape index (κ3) is 1.94. The molecule has 0 spiro atoms. The molecule has 0 bridgehead atoms. The van der Waals surface area contributed by atoms with Crippen molar-refractivity contribution in [2.75, 3.05) is 6.54 Å². The number of hydrogen-bond acceptors (Lipinski definition) is 3. The molecule has 0 amide bonds. The number of hydrogen-bond donors (Lipinski definition) is 4. The fraction of sp³-hybridized carbons (Fsp3) is 0.176. The fourth-order valence-corrected chi connectivity index (χ4v) is 3.24. The van der Waals surface area contributed by atoms with E-state index in [4.69, 9.17) is 0 Å². The van der Waals surface area contributed by atoms with Crippen molar-refractivity contribution in [1.82, 2.24) is 10.3 Å². The molecule has 0 fully saturated rings. The molecule has 5 heteroatoms. The van der Waals surface area contributed by atoms with Gasteiger partial charge in [-0.2, -0.15) is 0 Å². The van der Waals surface area contributed by atoms with Gasteiger partial charge in [-0.1, -0.05) is 0 Å². The number of rotatable bonds is 1. The number of halogens is 1. The van der Waals surface area contributed by atoms with E-state index in [1.807, 2.05) is 6.07 Å². The maximum atomic E-state index is 13.6. The lowest BCUT2D eigenvalue weighted by molar-refractivity contribution is 0.449. The summed E-state index contributed by atoms with van der Waals surface area (Å²) in [5.74, 6) is -0.0956. The standard InChI is InChI=1S/C17H15FN2O2/c18-9-1-4-15(22)13(7-9)16-17-11(5-6-19-16)12-8-10(21)2-3-14(12)20-17/h1-4,7-8,16,19-22H,5-6H2. The number of aromatic hydroxyl groups is 2. The molecule has 2 aromatic carbocycles. The third-order valence-corrected chi connectivity index (χ3v) is 4.24. The topological polar surface area (TPSA) is 68.3 Å². The molecule has 1 atom stereocenters. The molecule has 112 valence electrons. The molecule has 4 N–H and O–H groups in total. The van der Waals surface area contributed by atoms with Gasteiger partial charge in [-0.25, -0.2) is 4.39 Å². The van der Waals surface area contributed by atoms with E-state index in [1.165, 1.54) is 18.2 Å². The molecular formula is C17H15FN2O2. The molecule has 1 aliphatic rings. The molecule has 2 heterocycles. The SMILES string of the molecule is Oc1ccc2[nH]c3c(c2c1)CCNC3c1cc(F)ccc1O. The summed E-state index contributed by atoms with van der Waals surface area (Å²) in [5, 5.41) is 24.1. The van der Waals surface area contributed by atoms with Crippen molar-refractivity contribution < 1.29 is 14.6 Å². The zero-order valence-corrected chi connectivity index (χ0v) is 11.7. The maximum absolute atomic E-state index is 13.6. The van der Waals surface area contributed by atoms with Crippen molar-refractivity contribution in [2.45, 2.75) is 12.5 Å². The van der Waals surface area contributed by atoms with Gasteiger partial charge in [-0.3, -0.25) is 0 Å². The van der Waals surface area contributed by atoms with E-state index in [-0.39, 0.29) is 23.4 Å². The average molecular weight is 298 g/mol. The van der Waals surface area contributed by atoms with Gasteiger partial charge in [0.05, 0.1) is 6.04 Å². The molecule has 0 saturated carbocycles. The van der Waals surface area contributed by atoms with Crippen molar-refractivity contribution >= 4 is 10.9 Å². The highest BCUT2D eigenvalue weighted by Crippen LogP contribution is 2.37. The van der Waals surface area contributed by atoms with Gasteiger partial charge in [-0.05, 0) is 48.4 Å². The van der Waals surface area contributed by atoms with Crippen LogP contribution in [0.5, 0.6) is 11.5 Å². The number of nitrogens with one attached hydrogen (secondary N) is 2. The van der Waals surface area contributed by atoms with Crippen LogP contribution in [0.25, 0.3) is 10.9 Å². The molecule has 0 aliphatic carbocycles. The smallest absolute Gasteiger partial charge is 0.123 e. The van der Waals surface area contributed by atoms with Gasteiger partial charge in [0.15, 0.2) is 0 Å². The monoisotopic (exact) mass is 298 g/mol. The maximum Gasteiger partial charge on any atom is 0.123 e. The Morgan fingerprint density at radius 1 is 1.09 bits per heavy atom. The average Bonchev–Trinajstić information content (AvgIpc) is 2.88. The number of H-pyrrole nitrogens is 1. The van der Waals surface area contributed by atoms with Crippen LogP contribution in [0.1, 0.15) is 22.9 Å². The zero-order valence-electron chi connectivity index (χ0n) is 11.7. The van der Waals surface area contributed by atoms with Crippen LogP contribution in [0.15, 0.2) is 36.4 Å². The minimum Gasteiger partial charge on any atom is -0.508 e. The minimum absolute atomic E-state index is 0.0632. The number of phenolic OH excluding ortho intramolecular Hbond substituents is 2. The van der Waals surface area contributed by atoms with Gasteiger partial charge in [-0.15, -0.1) is 0 Å². The zero-order chi connectivity index (χ0) is 15.3. The second kappa shape index (κ2) is 4.74. The first-order valence-electron chi connectivity index (χ1n) is 7.19. The molecular weight excluding hydrogens is 283 g/mol. The Labute approximate surface area is 126 Å². The van der Waals surface area contributed by atoms with E-state index in [0.717, 1.165) is 35.1 Å². The molecule has 1 aliphatic heterocycles. The van der Waals surface area contributed by atoms with E-state index < -0.39 is 0 Å². The first-order valence-corrected chi connectivity index (χ1v) is 7.19. The second-order valence-corrected chi connectivity index (χ2v) is 5.59. The van der Waals surface area contributed by atoms with Crippen LogP contribution < -0.4 is 5.32 Å². The van der Waals surface area contributed by atoms with Crippen LogP contribution in [0.3, 0.4) is 0 Å². The highest BCUT2D eigenvalue weighted by atomic mass is 19.1. The summed E-state index contributed by atoms with van der Waals surface area (Å²) < 4.78 is 13.6. The lowest BCUT2D eigenvalue weighted by atomic mass is 9.94. The van der Waals surface area contributed by atoms with Crippen LogP contribution in [-0.2, 0) is 6.42 Å². The number of fused-ring (bicyclic) bond motifs is 3. The third-order valence-electron chi connectivity index (χ3n) is 4.24. The van der Waals surface area contributed by atoms with Gasteiger partial charge in [0.25, 0.3) is 0 Å². The quantitative estimate of drug-likeness (QED) is 0.558. The normalized spacial score (nSPS) is 17.6. The Hall–Kier alpha value is -2.53. The van der Waals surface area contributed by atoms with Gasteiger partial charge >= 0.3 is 0 Å². The largest absolute Gasteiger partial charge is 0.508 e. The Morgan fingerprint density at radius 2 is 1.95 bits per heavy atom. The van der Waals surface area contributed by atoms with Gasteiger partial charge < -0.3 is 20.5 Å². The molecule has 3 aromatic rings. The van der Waals surface area contributed by atoms with Crippen molar-refractivity contribution in [3.8, 4) is 11.5 Å². The molecule has 0 saturated heterocycles. The lowest BCUT2D eigenvalue weighted by Crippen LogP contribution is -2.30.